The first-order valence-corrected chi connectivity index (χ1v) is 7.30. The van der Waals surface area contributed by atoms with E-state index in [1.165, 1.54) is 12.8 Å². The summed E-state index contributed by atoms with van der Waals surface area (Å²) in [7, 11) is 0. The number of carbonyl (C=O) groups is 1. The number of nitrogens with zero attached hydrogens (tertiary/aromatic N) is 2. The molecule has 0 bridgehead atoms. The normalized spacial score (nSPS) is 15.7. The molecule has 0 aliphatic carbocycles. The molecule has 0 saturated carbocycles. The molecule has 5 heteroatoms. The Balaban J connectivity index is 1.81. The minimum Gasteiger partial charge on any atom is -0.507 e. The third-order valence-corrected chi connectivity index (χ3v) is 3.79. The van der Waals surface area contributed by atoms with Gasteiger partial charge in [0.1, 0.15) is 5.75 Å². The highest BCUT2D eigenvalue weighted by molar-refractivity contribution is 5.93. The van der Waals surface area contributed by atoms with E-state index in [1.54, 1.807) is 30.3 Å². The highest BCUT2D eigenvalue weighted by atomic mass is 16.5. The van der Waals surface area contributed by atoms with Crippen molar-refractivity contribution in [1.82, 2.24) is 10.1 Å². The minimum absolute atomic E-state index is 0.0951. The van der Waals surface area contributed by atoms with Crippen molar-refractivity contribution in [2.45, 2.75) is 25.7 Å². The van der Waals surface area contributed by atoms with Crippen LogP contribution in [0.5, 0.6) is 5.75 Å². The molecule has 1 N–H and O–H groups in total. The molecule has 21 heavy (non-hydrogen) atoms. The first kappa shape index (κ1) is 13.7. The zero-order valence-electron chi connectivity index (χ0n) is 11.8. The molecular weight excluding hydrogens is 268 g/mol. The Morgan fingerprint density at radius 3 is 2.57 bits per heavy atom. The number of aromatic nitrogens is 1. The molecule has 110 valence electrons. The Morgan fingerprint density at radius 2 is 1.86 bits per heavy atom. The van der Waals surface area contributed by atoms with E-state index in [1.807, 2.05) is 4.90 Å². The van der Waals surface area contributed by atoms with Crippen molar-refractivity contribution in [3.8, 4) is 17.1 Å². The summed E-state index contributed by atoms with van der Waals surface area (Å²) in [6, 6.07) is 8.44. The third kappa shape index (κ3) is 2.91. The second-order valence-corrected chi connectivity index (χ2v) is 5.30. The molecule has 2 heterocycles. The van der Waals surface area contributed by atoms with Gasteiger partial charge in [0.25, 0.3) is 5.91 Å². The lowest BCUT2D eigenvalue weighted by Crippen LogP contribution is -2.31. The lowest BCUT2D eigenvalue weighted by molar-refractivity contribution is 0.0751. The SMILES string of the molecule is O=C(c1cc(-c2ccccc2O)on1)N1CCCCCC1. The van der Waals surface area contributed by atoms with Gasteiger partial charge in [0.15, 0.2) is 11.5 Å². The summed E-state index contributed by atoms with van der Waals surface area (Å²) >= 11 is 0. The number of likely N-dealkylation sites (tertiary alicyclic amines) is 1. The van der Waals surface area contributed by atoms with Gasteiger partial charge in [-0.15, -0.1) is 0 Å². The van der Waals surface area contributed by atoms with Crippen molar-refractivity contribution in [2.75, 3.05) is 13.1 Å². The summed E-state index contributed by atoms with van der Waals surface area (Å²) in [5.41, 5.74) is 0.843. The van der Waals surface area contributed by atoms with Crippen LogP contribution in [0.3, 0.4) is 0 Å². The van der Waals surface area contributed by atoms with E-state index in [2.05, 4.69) is 5.16 Å². The molecule has 1 amide bonds. The standard InChI is InChI=1S/C16H18N2O3/c19-14-8-4-3-7-12(14)15-11-13(17-21-15)16(20)18-9-5-1-2-6-10-18/h3-4,7-8,11,19H,1-2,5-6,9-10H2. The van der Waals surface area contributed by atoms with Crippen molar-refractivity contribution >= 4 is 5.91 Å². The average molecular weight is 286 g/mol. The number of rotatable bonds is 2. The number of amides is 1. The van der Waals surface area contributed by atoms with Gasteiger partial charge in [-0.2, -0.15) is 0 Å². The molecule has 1 fully saturated rings. The molecule has 1 aliphatic rings. The van der Waals surface area contributed by atoms with E-state index < -0.39 is 0 Å². The fourth-order valence-electron chi connectivity index (χ4n) is 2.62. The fraction of sp³-hybridized carbons (Fsp3) is 0.375. The van der Waals surface area contributed by atoms with Crippen LogP contribution in [0.4, 0.5) is 0 Å². The first-order valence-electron chi connectivity index (χ1n) is 7.30. The van der Waals surface area contributed by atoms with Gasteiger partial charge < -0.3 is 14.5 Å². The number of phenols is 1. The second-order valence-electron chi connectivity index (χ2n) is 5.30. The van der Waals surface area contributed by atoms with Crippen LogP contribution >= 0.6 is 0 Å². The third-order valence-electron chi connectivity index (χ3n) is 3.79. The fourth-order valence-corrected chi connectivity index (χ4v) is 2.62. The van der Waals surface area contributed by atoms with Crippen molar-refractivity contribution in [3.63, 3.8) is 0 Å². The van der Waals surface area contributed by atoms with Gasteiger partial charge >= 0.3 is 0 Å². The summed E-state index contributed by atoms with van der Waals surface area (Å²) in [5, 5.41) is 13.7. The number of hydrogen-bond donors (Lipinski definition) is 1. The Kier molecular flexibility index (Phi) is 3.90. The zero-order chi connectivity index (χ0) is 14.7. The molecule has 0 spiro atoms. The van der Waals surface area contributed by atoms with Crippen molar-refractivity contribution < 1.29 is 14.4 Å². The molecule has 0 unspecified atom stereocenters. The van der Waals surface area contributed by atoms with E-state index in [9.17, 15) is 9.90 Å². The molecule has 3 rings (SSSR count). The van der Waals surface area contributed by atoms with Crippen LogP contribution in [0.1, 0.15) is 36.2 Å². The summed E-state index contributed by atoms with van der Waals surface area (Å²) in [6.45, 7) is 1.55. The van der Waals surface area contributed by atoms with Crippen LogP contribution in [0, 0.1) is 0 Å². The topological polar surface area (TPSA) is 66.6 Å². The molecule has 0 atom stereocenters. The molecule has 1 aliphatic heterocycles. The summed E-state index contributed by atoms with van der Waals surface area (Å²) in [6.07, 6.45) is 4.42. The van der Waals surface area contributed by atoms with E-state index in [0.29, 0.717) is 17.0 Å². The Bertz CT molecular complexity index is 628. The van der Waals surface area contributed by atoms with Crippen molar-refractivity contribution in [1.29, 1.82) is 0 Å². The monoisotopic (exact) mass is 286 g/mol. The van der Waals surface area contributed by atoms with Crippen LogP contribution in [-0.2, 0) is 0 Å². The predicted molar refractivity (Wildman–Crippen MR) is 78.0 cm³/mol. The maximum Gasteiger partial charge on any atom is 0.276 e. The summed E-state index contributed by atoms with van der Waals surface area (Å²) in [4.78, 5) is 14.3. The minimum atomic E-state index is -0.0951. The van der Waals surface area contributed by atoms with Gasteiger partial charge in [-0.25, -0.2) is 0 Å². The Morgan fingerprint density at radius 1 is 1.14 bits per heavy atom. The van der Waals surface area contributed by atoms with E-state index in [-0.39, 0.29) is 11.7 Å². The van der Waals surface area contributed by atoms with Gasteiger partial charge in [-0.05, 0) is 25.0 Å². The van der Waals surface area contributed by atoms with E-state index >= 15 is 0 Å². The molecule has 1 aromatic carbocycles. The van der Waals surface area contributed by atoms with E-state index in [4.69, 9.17) is 4.52 Å². The van der Waals surface area contributed by atoms with Crippen molar-refractivity contribution in [3.05, 3.63) is 36.0 Å². The molecule has 5 nitrogen and oxygen atoms in total. The van der Waals surface area contributed by atoms with Crippen LogP contribution in [0.2, 0.25) is 0 Å². The molecule has 0 radical (unpaired) electrons. The van der Waals surface area contributed by atoms with Gasteiger partial charge in [0, 0.05) is 19.2 Å². The number of para-hydroxylation sites is 1. The molecule has 1 aromatic heterocycles. The number of phenolic OH excluding ortho intramolecular Hbond substituents is 1. The predicted octanol–water partition coefficient (Wildman–Crippen LogP) is 3.06. The lowest BCUT2D eigenvalue weighted by Gasteiger charge is -2.18. The Hall–Kier alpha value is -2.30. The van der Waals surface area contributed by atoms with Gasteiger partial charge in [0.05, 0.1) is 5.56 Å². The van der Waals surface area contributed by atoms with Crippen LogP contribution in [0.15, 0.2) is 34.9 Å². The number of hydrogen-bond acceptors (Lipinski definition) is 4. The highest BCUT2D eigenvalue weighted by Gasteiger charge is 2.21. The summed E-state index contributed by atoms with van der Waals surface area (Å²) < 4.78 is 5.22. The highest BCUT2D eigenvalue weighted by Crippen LogP contribution is 2.29. The lowest BCUT2D eigenvalue weighted by atomic mass is 10.1. The molecule has 1 saturated heterocycles. The summed E-state index contributed by atoms with van der Waals surface area (Å²) in [5.74, 6) is 0.427. The maximum absolute atomic E-state index is 12.4. The van der Waals surface area contributed by atoms with Gasteiger partial charge in [-0.1, -0.05) is 30.1 Å². The number of benzene rings is 1. The van der Waals surface area contributed by atoms with E-state index in [0.717, 1.165) is 25.9 Å². The van der Waals surface area contributed by atoms with Crippen LogP contribution in [-0.4, -0.2) is 34.2 Å². The van der Waals surface area contributed by atoms with Crippen LogP contribution in [0.25, 0.3) is 11.3 Å². The maximum atomic E-state index is 12.4. The largest absolute Gasteiger partial charge is 0.507 e. The zero-order valence-corrected chi connectivity index (χ0v) is 11.8. The first-order chi connectivity index (χ1) is 10.3. The number of aromatic hydroxyl groups is 1. The number of carbonyl (C=O) groups excluding carboxylic acids is 1. The second kappa shape index (κ2) is 5.99. The Labute approximate surface area is 123 Å². The average Bonchev–Trinajstić information content (AvgIpc) is 2.82. The van der Waals surface area contributed by atoms with Gasteiger partial charge in [0.2, 0.25) is 0 Å². The molecule has 2 aromatic rings. The quantitative estimate of drug-likeness (QED) is 0.921. The molecular formula is C16H18N2O3. The van der Waals surface area contributed by atoms with Crippen molar-refractivity contribution in [2.24, 2.45) is 0 Å². The van der Waals surface area contributed by atoms with Gasteiger partial charge in [-0.3, -0.25) is 4.79 Å². The smallest absolute Gasteiger partial charge is 0.276 e. The van der Waals surface area contributed by atoms with Crippen LogP contribution < -0.4 is 0 Å².